The second-order valence-corrected chi connectivity index (χ2v) is 12.2. The zero-order valence-electron chi connectivity index (χ0n) is 20.4. The molecule has 0 bridgehead atoms. The number of nitrogens with two attached hydrogens (primary N) is 1. The predicted molar refractivity (Wildman–Crippen MR) is 137 cm³/mol. The molecule has 4 heteroatoms. The molecule has 2 aliphatic rings. The molecule has 2 aromatic rings. The van der Waals surface area contributed by atoms with Gasteiger partial charge in [-0.15, -0.1) is 0 Å². The van der Waals surface area contributed by atoms with Crippen LogP contribution in [0, 0.1) is 0 Å². The van der Waals surface area contributed by atoms with Crippen LogP contribution in [-0.4, -0.2) is 20.3 Å². The summed E-state index contributed by atoms with van der Waals surface area (Å²) in [5.74, 6) is 0.881. The van der Waals surface area contributed by atoms with E-state index >= 15 is 0 Å². The van der Waals surface area contributed by atoms with E-state index in [0.717, 1.165) is 29.7 Å². The minimum absolute atomic E-state index is 0.00470. The van der Waals surface area contributed by atoms with Gasteiger partial charge in [0.1, 0.15) is 0 Å². The normalized spacial score (nSPS) is 24.7. The first kappa shape index (κ1) is 24.9. The Hall–Kier alpha value is -2.22. The number of rotatable bonds is 8. The van der Waals surface area contributed by atoms with Crippen molar-refractivity contribution in [2.45, 2.75) is 60.8 Å². The molecule has 0 amide bonds. The summed E-state index contributed by atoms with van der Waals surface area (Å²) < 4.78 is 12.2. The molecule has 0 saturated carbocycles. The molecule has 0 aromatic heterocycles. The first-order valence-corrected chi connectivity index (χ1v) is 13.5. The zero-order valence-corrected chi connectivity index (χ0v) is 22.0. The van der Waals surface area contributed by atoms with Gasteiger partial charge in [0.25, 0.3) is 0 Å². The average molecular weight is 548 g/mol. The Labute approximate surface area is 212 Å². The van der Waals surface area contributed by atoms with Gasteiger partial charge in [0.15, 0.2) is 0 Å². The SMILES string of the molecule is CC(C)OC1=C(c2ccccc2)[C](OC(C)C)([Pd][C]2(N)CC=CC=C2c2ccccc2)CC=C1. The maximum atomic E-state index is 7.35. The fraction of sp³-hybridized carbons (Fsp3) is 0.333. The number of hydrogen-bond donors (Lipinski definition) is 1. The molecule has 0 aliphatic heterocycles. The number of hydrogen-bond acceptors (Lipinski definition) is 3. The molecule has 2 aromatic carbocycles. The summed E-state index contributed by atoms with van der Waals surface area (Å²) in [5.41, 5.74) is 11.9. The Morgan fingerprint density at radius 1 is 0.824 bits per heavy atom. The first-order valence-electron chi connectivity index (χ1n) is 12.0. The molecule has 0 spiro atoms. The van der Waals surface area contributed by atoms with Crippen LogP contribution in [0.1, 0.15) is 51.7 Å². The van der Waals surface area contributed by atoms with Crippen LogP contribution in [0.25, 0.3) is 11.1 Å². The monoisotopic (exact) mass is 547 g/mol. The van der Waals surface area contributed by atoms with Crippen LogP contribution in [0.4, 0.5) is 0 Å². The molecule has 2 N–H and O–H groups in total. The van der Waals surface area contributed by atoms with Crippen LogP contribution >= 0.6 is 0 Å². The second-order valence-electron chi connectivity index (χ2n) is 9.19. The Morgan fingerprint density at radius 3 is 2.09 bits per heavy atom. The molecular formula is C30H35NO2Pd. The zero-order chi connectivity index (χ0) is 24.2. The van der Waals surface area contributed by atoms with Crippen LogP contribution < -0.4 is 5.73 Å². The Morgan fingerprint density at radius 2 is 1.47 bits per heavy atom. The standard InChI is InChI=1S/C18H23O2.C12H12N.Pd/c1-13(2)19-16-11-8-12-17(20-14(3)4)18(16)15-9-6-5-7-10-15;13-12-9-5-4-8-11(12)10-6-2-1-3-7-10;/h5-11,13-14H,12H2,1-4H3;1-8H,9,13H2;. The molecule has 34 heavy (non-hydrogen) atoms. The molecule has 0 fully saturated rings. The van der Waals surface area contributed by atoms with Crippen molar-refractivity contribution in [2.75, 3.05) is 0 Å². The van der Waals surface area contributed by atoms with Gasteiger partial charge in [-0.3, -0.25) is 0 Å². The quantitative estimate of drug-likeness (QED) is 0.375. The average Bonchev–Trinajstić information content (AvgIpc) is 2.79. The summed E-state index contributed by atoms with van der Waals surface area (Å²) in [6, 6.07) is 21.0. The van der Waals surface area contributed by atoms with Crippen molar-refractivity contribution < 1.29 is 27.5 Å². The van der Waals surface area contributed by atoms with E-state index in [4.69, 9.17) is 15.2 Å². The fourth-order valence-electron chi connectivity index (χ4n) is 4.42. The molecule has 2 unspecified atom stereocenters. The summed E-state index contributed by atoms with van der Waals surface area (Å²) in [6.07, 6.45) is 12.4. The molecule has 182 valence electrons. The van der Waals surface area contributed by atoms with Crippen LogP contribution in [0.2, 0.25) is 0 Å². The summed E-state index contributed by atoms with van der Waals surface area (Å²) in [7, 11) is 0. The van der Waals surface area contributed by atoms with E-state index in [1.807, 2.05) is 12.1 Å². The van der Waals surface area contributed by atoms with E-state index in [0.29, 0.717) is 0 Å². The Bertz CT molecular complexity index is 1100. The third-order valence-electron chi connectivity index (χ3n) is 5.67. The minimum atomic E-state index is -0.573. The Kier molecular flexibility index (Phi) is 7.75. The van der Waals surface area contributed by atoms with Crippen LogP contribution in [0.3, 0.4) is 0 Å². The summed E-state index contributed by atoms with van der Waals surface area (Å²) in [6.45, 7) is 8.36. The van der Waals surface area contributed by atoms with Crippen molar-refractivity contribution in [3.05, 3.63) is 108 Å². The van der Waals surface area contributed by atoms with Crippen molar-refractivity contribution in [1.82, 2.24) is 0 Å². The number of ether oxygens (including phenoxy) is 2. The van der Waals surface area contributed by atoms with Gasteiger partial charge in [0.05, 0.1) is 0 Å². The number of benzene rings is 2. The van der Waals surface area contributed by atoms with Crippen molar-refractivity contribution >= 4 is 11.1 Å². The maximum absolute atomic E-state index is 7.35. The molecule has 0 saturated heterocycles. The van der Waals surface area contributed by atoms with E-state index in [1.165, 1.54) is 11.1 Å². The van der Waals surface area contributed by atoms with Crippen LogP contribution in [-0.2, 0) is 27.5 Å². The van der Waals surface area contributed by atoms with Gasteiger partial charge in [-0.2, -0.15) is 0 Å². The van der Waals surface area contributed by atoms with Gasteiger partial charge in [0, 0.05) is 0 Å². The van der Waals surface area contributed by atoms with Crippen molar-refractivity contribution in [1.29, 1.82) is 0 Å². The van der Waals surface area contributed by atoms with E-state index in [1.54, 1.807) is 0 Å². The first-order chi connectivity index (χ1) is 16.3. The van der Waals surface area contributed by atoms with Gasteiger partial charge in [-0.25, -0.2) is 0 Å². The van der Waals surface area contributed by atoms with Gasteiger partial charge in [-0.05, 0) is 0 Å². The predicted octanol–water partition coefficient (Wildman–Crippen LogP) is 6.68. The molecule has 2 atom stereocenters. The number of allylic oxidation sites excluding steroid dienone is 3. The molecule has 2 aliphatic carbocycles. The second kappa shape index (κ2) is 10.6. The summed E-state index contributed by atoms with van der Waals surface area (Å²) in [4.78, 5) is 0. The molecule has 3 nitrogen and oxygen atoms in total. The molecule has 0 heterocycles. The van der Waals surface area contributed by atoms with Gasteiger partial charge >= 0.3 is 213 Å². The van der Waals surface area contributed by atoms with Crippen molar-refractivity contribution in [2.24, 2.45) is 5.73 Å². The summed E-state index contributed by atoms with van der Waals surface area (Å²) in [5, 5.41) is 0. The fourth-order valence-corrected chi connectivity index (χ4v) is 7.86. The van der Waals surface area contributed by atoms with E-state index in [2.05, 4.69) is 107 Å². The van der Waals surface area contributed by atoms with Crippen molar-refractivity contribution in [3.8, 4) is 0 Å². The topological polar surface area (TPSA) is 44.5 Å². The molecule has 0 radical (unpaired) electrons. The van der Waals surface area contributed by atoms with Crippen LogP contribution in [0.15, 0.2) is 96.8 Å². The molecule has 4 rings (SSSR count). The van der Waals surface area contributed by atoms with E-state index in [-0.39, 0.29) is 30.2 Å². The third-order valence-corrected chi connectivity index (χ3v) is 8.61. The van der Waals surface area contributed by atoms with Gasteiger partial charge in [0.2, 0.25) is 0 Å². The van der Waals surface area contributed by atoms with Gasteiger partial charge in [-0.1, -0.05) is 0 Å². The summed E-state index contributed by atoms with van der Waals surface area (Å²) >= 11 is 0.00470. The third kappa shape index (κ3) is 5.37. The van der Waals surface area contributed by atoms with Gasteiger partial charge < -0.3 is 0 Å². The van der Waals surface area contributed by atoms with Crippen LogP contribution in [0.5, 0.6) is 0 Å². The molecular weight excluding hydrogens is 513 g/mol. The van der Waals surface area contributed by atoms with E-state index < -0.39 is 8.09 Å². The van der Waals surface area contributed by atoms with Crippen molar-refractivity contribution in [3.63, 3.8) is 0 Å². The Balaban J connectivity index is 1.87. The van der Waals surface area contributed by atoms with E-state index in [9.17, 15) is 0 Å².